The highest BCUT2D eigenvalue weighted by atomic mass is 16.7. The van der Waals surface area contributed by atoms with Crippen LogP contribution in [0.2, 0.25) is 0 Å². The highest BCUT2D eigenvalue weighted by molar-refractivity contribution is 4.53. The van der Waals surface area contributed by atoms with E-state index in [0.29, 0.717) is 119 Å². The van der Waals surface area contributed by atoms with Crippen LogP contribution in [0, 0.1) is 0 Å². The fourth-order valence-corrected chi connectivity index (χ4v) is 3.75. The Morgan fingerprint density at radius 3 is 1.15 bits per heavy atom. The molecule has 1 fully saturated rings. The van der Waals surface area contributed by atoms with Crippen molar-refractivity contribution in [3.63, 3.8) is 0 Å². The molecule has 0 aromatic heterocycles. The molecule has 41 heavy (non-hydrogen) atoms. The van der Waals surface area contributed by atoms with Crippen molar-refractivity contribution in [1.29, 1.82) is 0 Å². The Kier molecular flexibility index (Phi) is 32.0. The Balaban J connectivity index is 1.60. The van der Waals surface area contributed by atoms with Gasteiger partial charge in [0.05, 0.1) is 119 Å². The molecule has 1 aliphatic rings. The molecule has 0 bridgehead atoms. The van der Waals surface area contributed by atoms with Crippen LogP contribution in [0.4, 0.5) is 0 Å². The molecule has 11 heteroatoms. The average Bonchev–Trinajstić information content (AvgIpc) is 3.00. The van der Waals surface area contributed by atoms with Gasteiger partial charge in [0.25, 0.3) is 0 Å². The van der Waals surface area contributed by atoms with E-state index < -0.39 is 0 Å². The molecule has 1 atom stereocenters. The molecule has 0 aromatic rings. The molecular weight excluding hydrogens is 536 g/mol. The molecule has 1 saturated heterocycles. The molecule has 0 aliphatic carbocycles. The Bertz CT molecular complexity index is 481. The highest BCUT2D eigenvalue weighted by Gasteiger charge is 2.13. The zero-order chi connectivity index (χ0) is 29.2. The Morgan fingerprint density at radius 1 is 0.415 bits per heavy atom. The fraction of sp³-hybridized carbons (Fsp3) is 1.00. The second-order valence-corrected chi connectivity index (χ2v) is 9.59. The van der Waals surface area contributed by atoms with Gasteiger partial charge in [0.1, 0.15) is 0 Å². The van der Waals surface area contributed by atoms with E-state index in [2.05, 4.69) is 6.92 Å². The SMILES string of the molecule is CCCCCCCOCCOCCOCCOCCOCCOCCOCCOCCOCCOC1CCCCO1. The second-order valence-electron chi connectivity index (χ2n) is 9.59. The van der Waals surface area contributed by atoms with Crippen molar-refractivity contribution in [2.45, 2.75) is 64.6 Å². The summed E-state index contributed by atoms with van der Waals surface area (Å²) in [7, 11) is 0. The quantitative estimate of drug-likeness (QED) is 0.102. The van der Waals surface area contributed by atoms with Crippen LogP contribution in [-0.2, 0) is 52.1 Å². The molecule has 1 heterocycles. The molecule has 0 N–H and O–H groups in total. The summed E-state index contributed by atoms with van der Waals surface area (Å²) in [6.45, 7) is 13.8. The van der Waals surface area contributed by atoms with Gasteiger partial charge in [-0.1, -0.05) is 32.6 Å². The lowest BCUT2D eigenvalue weighted by Gasteiger charge is -2.22. The Hall–Kier alpha value is -0.440. The molecule has 0 spiro atoms. The summed E-state index contributed by atoms with van der Waals surface area (Å²) >= 11 is 0. The number of rotatable bonds is 34. The van der Waals surface area contributed by atoms with Gasteiger partial charge in [-0.15, -0.1) is 0 Å². The summed E-state index contributed by atoms with van der Waals surface area (Å²) < 4.78 is 60.6. The first kappa shape index (κ1) is 38.6. The van der Waals surface area contributed by atoms with Crippen LogP contribution >= 0.6 is 0 Å². The minimum atomic E-state index is -0.0598. The van der Waals surface area contributed by atoms with Gasteiger partial charge < -0.3 is 52.1 Å². The number of hydrogen-bond donors (Lipinski definition) is 0. The normalized spacial score (nSPS) is 15.6. The van der Waals surface area contributed by atoms with Crippen LogP contribution in [0.5, 0.6) is 0 Å². The van der Waals surface area contributed by atoms with E-state index in [4.69, 9.17) is 52.1 Å². The largest absolute Gasteiger partial charge is 0.379 e. The predicted molar refractivity (Wildman–Crippen MR) is 156 cm³/mol. The van der Waals surface area contributed by atoms with Gasteiger partial charge in [-0.2, -0.15) is 0 Å². The first-order chi connectivity index (χ1) is 20.4. The van der Waals surface area contributed by atoms with Gasteiger partial charge in [-0.05, 0) is 25.7 Å². The number of unbranched alkanes of at least 4 members (excludes halogenated alkanes) is 4. The first-order valence-electron chi connectivity index (χ1n) is 15.9. The molecule has 11 nitrogen and oxygen atoms in total. The van der Waals surface area contributed by atoms with E-state index in [1.54, 1.807) is 0 Å². The van der Waals surface area contributed by atoms with Crippen molar-refractivity contribution in [2.75, 3.05) is 132 Å². The zero-order valence-electron chi connectivity index (χ0n) is 25.9. The van der Waals surface area contributed by atoms with Crippen molar-refractivity contribution in [3.8, 4) is 0 Å². The summed E-state index contributed by atoms with van der Waals surface area (Å²) in [4.78, 5) is 0. The van der Waals surface area contributed by atoms with Crippen molar-refractivity contribution in [2.24, 2.45) is 0 Å². The van der Waals surface area contributed by atoms with E-state index in [-0.39, 0.29) is 6.29 Å². The summed E-state index contributed by atoms with van der Waals surface area (Å²) in [6, 6.07) is 0. The van der Waals surface area contributed by atoms with Crippen molar-refractivity contribution in [1.82, 2.24) is 0 Å². The number of ether oxygens (including phenoxy) is 11. The minimum Gasteiger partial charge on any atom is -0.379 e. The molecule has 0 amide bonds. The van der Waals surface area contributed by atoms with Crippen molar-refractivity contribution < 1.29 is 52.1 Å². The Labute approximate surface area is 249 Å². The molecule has 0 radical (unpaired) electrons. The maximum Gasteiger partial charge on any atom is 0.157 e. The molecule has 1 unspecified atom stereocenters. The van der Waals surface area contributed by atoms with Crippen LogP contribution in [0.25, 0.3) is 0 Å². The van der Waals surface area contributed by atoms with Gasteiger partial charge in [0, 0.05) is 13.2 Å². The summed E-state index contributed by atoms with van der Waals surface area (Å²) in [6.07, 6.45) is 9.51. The van der Waals surface area contributed by atoms with Crippen LogP contribution < -0.4 is 0 Å². The van der Waals surface area contributed by atoms with Crippen LogP contribution in [0.3, 0.4) is 0 Å². The van der Waals surface area contributed by atoms with Gasteiger partial charge in [0.2, 0.25) is 0 Å². The van der Waals surface area contributed by atoms with E-state index in [9.17, 15) is 0 Å². The van der Waals surface area contributed by atoms with Crippen LogP contribution in [-0.4, -0.2) is 138 Å². The maximum atomic E-state index is 5.61. The Morgan fingerprint density at radius 2 is 0.780 bits per heavy atom. The topological polar surface area (TPSA) is 102 Å². The molecule has 0 saturated carbocycles. The van der Waals surface area contributed by atoms with Crippen LogP contribution in [0.15, 0.2) is 0 Å². The third-order valence-corrected chi connectivity index (χ3v) is 6.04. The van der Waals surface area contributed by atoms with Crippen LogP contribution in [0.1, 0.15) is 58.3 Å². The van der Waals surface area contributed by atoms with Crippen molar-refractivity contribution in [3.05, 3.63) is 0 Å². The van der Waals surface area contributed by atoms with Gasteiger partial charge in [-0.3, -0.25) is 0 Å². The summed E-state index contributed by atoms with van der Waals surface area (Å²) in [5.41, 5.74) is 0. The van der Waals surface area contributed by atoms with Gasteiger partial charge in [0.15, 0.2) is 6.29 Å². The standard InChI is InChI=1S/C30H60O11/c1-2-3-4-5-7-10-31-12-13-32-14-15-33-16-17-34-18-19-35-20-21-36-22-23-37-24-25-38-26-27-39-28-29-41-30-9-6-8-11-40-30/h30H,2-29H2,1H3. The van der Waals surface area contributed by atoms with E-state index >= 15 is 0 Å². The minimum absolute atomic E-state index is 0.0598. The molecule has 1 rings (SSSR count). The summed E-state index contributed by atoms with van der Waals surface area (Å²) in [5.74, 6) is 0. The first-order valence-corrected chi connectivity index (χ1v) is 15.9. The third kappa shape index (κ3) is 30.8. The van der Waals surface area contributed by atoms with E-state index in [1.807, 2.05) is 0 Å². The lowest BCUT2D eigenvalue weighted by molar-refractivity contribution is -0.169. The van der Waals surface area contributed by atoms with Gasteiger partial charge in [-0.25, -0.2) is 0 Å². The maximum absolute atomic E-state index is 5.61. The lowest BCUT2D eigenvalue weighted by Crippen LogP contribution is -2.24. The predicted octanol–water partition coefficient (Wildman–Crippen LogP) is 3.65. The lowest BCUT2D eigenvalue weighted by atomic mass is 10.2. The molecule has 0 aromatic carbocycles. The summed E-state index contributed by atoms with van der Waals surface area (Å²) in [5, 5.41) is 0. The fourth-order valence-electron chi connectivity index (χ4n) is 3.75. The average molecular weight is 597 g/mol. The van der Waals surface area contributed by atoms with Crippen molar-refractivity contribution >= 4 is 0 Å². The number of hydrogen-bond acceptors (Lipinski definition) is 11. The van der Waals surface area contributed by atoms with E-state index in [1.165, 1.54) is 32.1 Å². The monoisotopic (exact) mass is 596 g/mol. The molecule has 1 aliphatic heterocycles. The molecule has 246 valence electrons. The third-order valence-electron chi connectivity index (χ3n) is 6.04. The van der Waals surface area contributed by atoms with Gasteiger partial charge >= 0.3 is 0 Å². The zero-order valence-corrected chi connectivity index (χ0v) is 25.9. The highest BCUT2D eigenvalue weighted by Crippen LogP contribution is 2.13. The molecular formula is C30H60O11. The smallest absolute Gasteiger partial charge is 0.157 e. The van der Waals surface area contributed by atoms with E-state index in [0.717, 1.165) is 32.5 Å². The second kappa shape index (κ2) is 34.1.